The molecule has 2 aromatic heterocycles. The Bertz CT molecular complexity index is 2230. The molecule has 7 rings (SSSR count). The number of piperidine rings is 1. The van der Waals surface area contributed by atoms with Crippen LogP contribution in [0.5, 0.6) is 5.75 Å². The van der Waals surface area contributed by atoms with Gasteiger partial charge in [0.2, 0.25) is 12.3 Å². The fourth-order valence-electron chi connectivity index (χ4n) is 9.29. The second-order valence-corrected chi connectivity index (χ2v) is 19.4. The van der Waals surface area contributed by atoms with Gasteiger partial charge in [-0.25, -0.2) is 5.01 Å². The molecule has 0 radical (unpaired) electrons. The van der Waals surface area contributed by atoms with Gasteiger partial charge in [0.1, 0.15) is 18.1 Å². The molecule has 14 heteroatoms. The molecule has 2 saturated heterocycles. The summed E-state index contributed by atoms with van der Waals surface area (Å²) in [4.78, 5) is 53.8. The first-order valence-electron chi connectivity index (χ1n) is 23.1. The van der Waals surface area contributed by atoms with Crippen LogP contribution in [0.4, 0.5) is 0 Å². The van der Waals surface area contributed by atoms with Gasteiger partial charge in [0, 0.05) is 75.5 Å². The Hall–Kier alpha value is -5.15. The van der Waals surface area contributed by atoms with Crippen molar-refractivity contribution in [2.75, 3.05) is 54.0 Å². The van der Waals surface area contributed by atoms with Crippen molar-refractivity contribution in [1.82, 2.24) is 35.5 Å². The molecule has 65 heavy (non-hydrogen) atoms. The second-order valence-electron chi connectivity index (χ2n) is 19.4. The minimum Gasteiger partial charge on any atom is -0.508 e. The van der Waals surface area contributed by atoms with Gasteiger partial charge in [-0.2, -0.15) is 0 Å². The molecular formula is C51H73N7O7. The van der Waals surface area contributed by atoms with Crippen molar-refractivity contribution < 1.29 is 33.8 Å². The Balaban J connectivity index is 0.000000473. The van der Waals surface area contributed by atoms with Crippen molar-refractivity contribution in [3.05, 3.63) is 71.5 Å². The van der Waals surface area contributed by atoms with Crippen LogP contribution in [-0.4, -0.2) is 116 Å². The molecule has 2 aromatic carbocycles. The van der Waals surface area contributed by atoms with Gasteiger partial charge >= 0.3 is 0 Å². The number of nitrogens with zero attached hydrogens (tertiary/aromatic N) is 4. The van der Waals surface area contributed by atoms with E-state index in [0.29, 0.717) is 37.7 Å². The average molecular weight is 896 g/mol. The summed E-state index contributed by atoms with van der Waals surface area (Å²) in [5.74, 6) is 0.475. The number of ether oxygens (including phenoxy) is 2. The molecule has 1 aliphatic carbocycles. The molecule has 2 aliphatic heterocycles. The third-order valence-electron chi connectivity index (χ3n) is 13.0. The number of aryl methyl sites for hydroxylation is 1. The largest absolute Gasteiger partial charge is 0.508 e. The molecule has 1 saturated carbocycles. The number of likely N-dealkylation sites (N-methyl/N-ethyl adjacent to an activating group) is 1. The fourth-order valence-corrected chi connectivity index (χ4v) is 9.29. The number of hydrogen-bond acceptors (Lipinski definition) is 11. The lowest BCUT2D eigenvalue weighted by molar-refractivity contribution is -0.134. The third kappa shape index (κ3) is 13.0. The molecule has 4 aromatic rings. The number of aromatic nitrogens is 2. The number of carbonyl (C=O) groups excluding carboxylic acids is 4. The minimum atomic E-state index is -0.873. The Labute approximate surface area is 385 Å². The lowest BCUT2D eigenvalue weighted by atomic mass is 9.84. The van der Waals surface area contributed by atoms with E-state index in [9.17, 15) is 24.3 Å². The quantitative estimate of drug-likeness (QED) is 0.0784. The van der Waals surface area contributed by atoms with Crippen LogP contribution in [0.15, 0.2) is 54.7 Å². The van der Waals surface area contributed by atoms with Gasteiger partial charge in [-0.05, 0) is 128 Å². The summed E-state index contributed by atoms with van der Waals surface area (Å²) in [6.07, 6.45) is 7.67. The smallest absolute Gasteiger partial charge is 0.293 e. The summed E-state index contributed by atoms with van der Waals surface area (Å²) < 4.78 is 13.2. The van der Waals surface area contributed by atoms with Crippen LogP contribution in [0, 0.1) is 22.7 Å². The first-order chi connectivity index (χ1) is 31.0. The third-order valence-corrected chi connectivity index (χ3v) is 13.0. The first-order valence-corrected chi connectivity index (χ1v) is 23.1. The van der Waals surface area contributed by atoms with E-state index >= 15 is 0 Å². The van der Waals surface area contributed by atoms with Crippen LogP contribution in [0.1, 0.15) is 90.7 Å². The number of aldehydes is 1. The molecule has 5 unspecified atom stereocenters. The standard InChI is InChI=1S/C40H50N4O7.C6H11N.C5H12N2/c1-9-44-35-13-12-28(29-15-27(17-31(48)18-29)16-30(21-45)42-39(49)37(25(2)3)43(7)23-46)19-33(35)34(20-40(5,6)22-51-24-47)38(44)32-11-10-14-41-36(32)26(4)50-8;1-6-2-5(6)3-7-4-6;1-7-5-3-2-4-6-7/h10-15,17-19,21,23-26,30,37,48H,9,16,20,22H2,1-8H3,(H,42,49);5,7H,2-4H2,1H3;6H,2-5H2,1H3. The van der Waals surface area contributed by atoms with Gasteiger partial charge in [-0.15, -0.1) is 0 Å². The maximum atomic E-state index is 13.1. The normalized spacial score (nSPS) is 19.4. The van der Waals surface area contributed by atoms with Crippen LogP contribution in [-0.2, 0) is 48.0 Å². The maximum Gasteiger partial charge on any atom is 0.293 e. The highest BCUT2D eigenvalue weighted by molar-refractivity contribution is 5.95. The highest BCUT2D eigenvalue weighted by Crippen LogP contribution is 2.54. The summed E-state index contributed by atoms with van der Waals surface area (Å²) >= 11 is 0. The van der Waals surface area contributed by atoms with Gasteiger partial charge in [-0.3, -0.25) is 24.8 Å². The van der Waals surface area contributed by atoms with Crippen molar-refractivity contribution in [1.29, 1.82) is 0 Å². The Morgan fingerprint density at radius 3 is 2.42 bits per heavy atom. The maximum absolute atomic E-state index is 13.1. The average Bonchev–Trinajstić information content (AvgIpc) is 3.63. The number of methoxy groups -OCH3 is 1. The van der Waals surface area contributed by atoms with E-state index in [-0.39, 0.29) is 30.8 Å². The summed E-state index contributed by atoms with van der Waals surface area (Å²) in [7, 11) is 5.28. The van der Waals surface area contributed by atoms with E-state index in [1.807, 2.05) is 39.0 Å². The molecule has 4 N–H and O–H groups in total. The van der Waals surface area contributed by atoms with E-state index in [4.69, 9.17) is 14.5 Å². The predicted octanol–water partition coefficient (Wildman–Crippen LogP) is 6.72. The van der Waals surface area contributed by atoms with Gasteiger partial charge in [0.15, 0.2) is 0 Å². The summed E-state index contributed by atoms with van der Waals surface area (Å²) in [5, 5.41) is 20.1. The first kappa shape index (κ1) is 50.8. The number of aromatic hydroxyl groups is 1. The van der Waals surface area contributed by atoms with E-state index in [2.05, 4.69) is 78.6 Å². The van der Waals surface area contributed by atoms with Crippen molar-refractivity contribution in [2.45, 2.75) is 105 Å². The molecule has 0 spiro atoms. The Kier molecular flexibility index (Phi) is 17.9. The van der Waals surface area contributed by atoms with E-state index in [1.54, 1.807) is 25.4 Å². The Morgan fingerprint density at radius 1 is 1.11 bits per heavy atom. The molecule has 5 atom stereocenters. The predicted molar refractivity (Wildman–Crippen MR) is 256 cm³/mol. The SMILES string of the molecule is CC12CNCC1C2.CCn1c(-c2cccnc2C(C)OC)c(CC(C)(C)COC=O)c2cc(-c3cc(O)cc(CC(C=O)NC(=O)C(C(C)C)N(C)C=O)c3)ccc21.CN1CCCCN1. The molecule has 354 valence electrons. The van der Waals surface area contributed by atoms with E-state index < -0.39 is 23.4 Å². The van der Waals surface area contributed by atoms with Crippen molar-refractivity contribution in [2.24, 2.45) is 22.7 Å². The van der Waals surface area contributed by atoms with Crippen LogP contribution in [0.2, 0.25) is 0 Å². The fraction of sp³-hybridized carbons (Fsp3) is 0.549. The number of phenolic OH excluding ortho intramolecular Hbond substituents is 1. The number of hydrogen-bond donors (Lipinski definition) is 4. The molecule has 3 fully saturated rings. The summed E-state index contributed by atoms with van der Waals surface area (Å²) in [6.45, 7) is 20.5. The van der Waals surface area contributed by atoms with Gasteiger partial charge < -0.3 is 39.5 Å². The van der Waals surface area contributed by atoms with Crippen molar-refractivity contribution in [3.8, 4) is 28.1 Å². The topological polar surface area (TPSA) is 167 Å². The minimum absolute atomic E-state index is 0.0204. The Morgan fingerprint density at radius 2 is 1.88 bits per heavy atom. The molecule has 14 nitrogen and oxygen atoms in total. The van der Waals surface area contributed by atoms with Gasteiger partial charge in [0.05, 0.1) is 30.1 Å². The van der Waals surface area contributed by atoms with E-state index in [0.717, 1.165) is 62.4 Å². The molecule has 4 heterocycles. The zero-order valence-electron chi connectivity index (χ0n) is 40.3. The molecule has 2 amide bonds. The van der Waals surface area contributed by atoms with Gasteiger partial charge in [0.25, 0.3) is 6.47 Å². The van der Waals surface area contributed by atoms with Crippen molar-refractivity contribution in [3.63, 3.8) is 0 Å². The van der Waals surface area contributed by atoms with Crippen LogP contribution in [0.25, 0.3) is 33.3 Å². The number of fused-ring (bicyclic) bond motifs is 2. The lowest BCUT2D eigenvalue weighted by Gasteiger charge is -2.28. The second kappa shape index (κ2) is 22.8. The van der Waals surface area contributed by atoms with Crippen LogP contribution >= 0.6 is 0 Å². The number of carbonyl (C=O) groups is 4. The molecule has 0 bridgehead atoms. The number of benzene rings is 2. The van der Waals surface area contributed by atoms with Gasteiger partial charge in [-0.1, -0.05) is 46.8 Å². The lowest BCUT2D eigenvalue weighted by Crippen LogP contribution is -2.51. The molecular weight excluding hydrogens is 823 g/mol. The monoisotopic (exact) mass is 896 g/mol. The van der Waals surface area contributed by atoms with E-state index in [1.165, 1.54) is 50.8 Å². The highest BCUT2D eigenvalue weighted by atomic mass is 16.5. The number of rotatable bonds is 18. The number of hydrazine groups is 1. The number of phenols is 1. The highest BCUT2D eigenvalue weighted by Gasteiger charge is 2.52. The zero-order valence-corrected chi connectivity index (χ0v) is 40.3. The van der Waals surface area contributed by atoms with Crippen LogP contribution < -0.4 is 16.1 Å². The number of nitrogens with one attached hydrogen (secondary N) is 3. The van der Waals surface area contributed by atoms with Crippen molar-refractivity contribution >= 4 is 36.0 Å². The van der Waals surface area contributed by atoms with Crippen LogP contribution in [0.3, 0.4) is 0 Å². The number of amides is 2. The molecule has 3 aliphatic rings. The summed E-state index contributed by atoms with van der Waals surface area (Å²) in [5.41, 5.74) is 10.6. The summed E-state index contributed by atoms with van der Waals surface area (Å²) in [6, 6.07) is 13.7. The zero-order chi connectivity index (χ0) is 47.5. The number of pyridine rings is 1.